The average Bonchev–Trinajstić information content (AvgIpc) is 2.80. The third kappa shape index (κ3) is 3.61. The van der Waals surface area contributed by atoms with E-state index in [0.29, 0.717) is 23.0 Å². The number of esters is 1. The van der Waals surface area contributed by atoms with Gasteiger partial charge in [-0.05, 0) is 25.1 Å². The number of hydrogen-bond donors (Lipinski definition) is 1. The number of aryl methyl sites for hydroxylation is 1. The molecule has 1 amide bonds. The molecule has 0 aliphatic carbocycles. The van der Waals surface area contributed by atoms with Crippen molar-refractivity contribution < 1.29 is 14.3 Å². The lowest BCUT2D eigenvalue weighted by Gasteiger charge is -2.01. The van der Waals surface area contributed by atoms with Crippen molar-refractivity contribution in [3.8, 4) is 0 Å². The van der Waals surface area contributed by atoms with Crippen LogP contribution in [-0.2, 0) is 11.8 Å². The topological polar surface area (TPSA) is 73.2 Å². The van der Waals surface area contributed by atoms with Crippen molar-refractivity contribution in [1.82, 2.24) is 9.55 Å². The summed E-state index contributed by atoms with van der Waals surface area (Å²) in [7, 11) is 1.70. The second-order valence-corrected chi connectivity index (χ2v) is 4.70. The van der Waals surface area contributed by atoms with Crippen LogP contribution in [-0.4, -0.2) is 28.0 Å². The summed E-state index contributed by atoms with van der Waals surface area (Å²) in [5.74, 6) is -0.821. The molecule has 110 valence electrons. The molecule has 0 fully saturated rings. The number of carbonyl (C=O) groups excluding carboxylic acids is 2. The molecule has 1 N–H and O–H groups in total. The molecule has 0 aliphatic rings. The van der Waals surface area contributed by atoms with Gasteiger partial charge in [0.1, 0.15) is 11.4 Å². The molecule has 0 aliphatic heterocycles. The standard InChI is InChI=1S/C14H14ClN3O3/c1-3-21-14(20)12-6-10(8-18(12)2)17-13(19)11-5-4-9(15)7-16-11/h4-8H,3H2,1-2H3,(H,17,19). The first kappa shape index (κ1) is 15.1. The van der Waals surface area contributed by atoms with Crippen molar-refractivity contribution in [2.75, 3.05) is 11.9 Å². The van der Waals surface area contributed by atoms with E-state index in [1.165, 1.54) is 12.3 Å². The van der Waals surface area contributed by atoms with Gasteiger partial charge in [-0.1, -0.05) is 11.6 Å². The number of nitrogens with one attached hydrogen (secondary N) is 1. The number of halogens is 1. The van der Waals surface area contributed by atoms with Gasteiger partial charge in [-0.3, -0.25) is 4.79 Å². The highest BCUT2D eigenvalue weighted by atomic mass is 35.5. The zero-order valence-electron chi connectivity index (χ0n) is 11.6. The lowest BCUT2D eigenvalue weighted by atomic mass is 10.3. The molecule has 0 atom stereocenters. The first-order chi connectivity index (χ1) is 10.0. The Bertz CT molecular complexity index is 665. The van der Waals surface area contributed by atoms with Crippen molar-refractivity contribution in [1.29, 1.82) is 0 Å². The monoisotopic (exact) mass is 307 g/mol. The molecule has 0 unspecified atom stereocenters. The van der Waals surface area contributed by atoms with Crippen LogP contribution in [0.15, 0.2) is 30.6 Å². The minimum atomic E-state index is -0.440. The van der Waals surface area contributed by atoms with Gasteiger partial charge in [-0.2, -0.15) is 0 Å². The molecule has 0 radical (unpaired) electrons. The molecule has 2 aromatic rings. The van der Waals surface area contributed by atoms with E-state index in [1.54, 1.807) is 36.9 Å². The van der Waals surface area contributed by atoms with Crippen LogP contribution in [0.5, 0.6) is 0 Å². The third-order valence-corrected chi connectivity index (χ3v) is 2.93. The zero-order chi connectivity index (χ0) is 15.4. The molecule has 0 spiro atoms. The van der Waals surface area contributed by atoms with Crippen LogP contribution in [0.2, 0.25) is 5.02 Å². The van der Waals surface area contributed by atoms with Crippen molar-refractivity contribution in [2.45, 2.75) is 6.92 Å². The van der Waals surface area contributed by atoms with Crippen molar-refractivity contribution in [3.05, 3.63) is 47.0 Å². The SMILES string of the molecule is CCOC(=O)c1cc(NC(=O)c2ccc(Cl)cn2)cn1C. The number of rotatable bonds is 4. The second kappa shape index (κ2) is 6.41. The number of ether oxygens (including phenoxy) is 1. The van der Waals surface area contributed by atoms with Crippen molar-refractivity contribution in [3.63, 3.8) is 0 Å². The lowest BCUT2D eigenvalue weighted by molar-refractivity contribution is 0.0515. The Morgan fingerprint density at radius 2 is 2.19 bits per heavy atom. The first-order valence-electron chi connectivity index (χ1n) is 6.27. The summed E-state index contributed by atoms with van der Waals surface area (Å²) in [5, 5.41) is 3.12. The van der Waals surface area contributed by atoms with Gasteiger partial charge in [0.15, 0.2) is 0 Å². The quantitative estimate of drug-likeness (QED) is 0.881. The van der Waals surface area contributed by atoms with E-state index < -0.39 is 5.97 Å². The maximum absolute atomic E-state index is 12.0. The summed E-state index contributed by atoms with van der Waals surface area (Å²) in [4.78, 5) is 27.6. The molecule has 0 saturated heterocycles. The number of aromatic nitrogens is 2. The fraction of sp³-hybridized carbons (Fsp3) is 0.214. The van der Waals surface area contributed by atoms with Gasteiger partial charge in [-0.25, -0.2) is 9.78 Å². The van der Waals surface area contributed by atoms with Crippen LogP contribution in [0.1, 0.15) is 27.9 Å². The molecule has 2 rings (SSSR count). The highest BCUT2D eigenvalue weighted by molar-refractivity contribution is 6.30. The van der Waals surface area contributed by atoms with E-state index in [1.807, 2.05) is 0 Å². The van der Waals surface area contributed by atoms with Gasteiger partial charge in [-0.15, -0.1) is 0 Å². The Labute approximate surface area is 126 Å². The molecular formula is C14H14ClN3O3. The van der Waals surface area contributed by atoms with Crippen LogP contribution in [0.25, 0.3) is 0 Å². The fourth-order valence-electron chi connectivity index (χ4n) is 1.75. The first-order valence-corrected chi connectivity index (χ1v) is 6.65. The van der Waals surface area contributed by atoms with Gasteiger partial charge in [0.05, 0.1) is 17.3 Å². The van der Waals surface area contributed by atoms with Crippen LogP contribution >= 0.6 is 11.6 Å². The number of pyridine rings is 1. The number of hydrogen-bond acceptors (Lipinski definition) is 4. The van der Waals surface area contributed by atoms with Crippen LogP contribution in [0.4, 0.5) is 5.69 Å². The average molecular weight is 308 g/mol. The molecule has 6 nitrogen and oxygen atoms in total. The van der Waals surface area contributed by atoms with Crippen LogP contribution in [0.3, 0.4) is 0 Å². The third-order valence-electron chi connectivity index (χ3n) is 2.71. The largest absolute Gasteiger partial charge is 0.461 e. The van der Waals surface area contributed by atoms with E-state index in [0.717, 1.165) is 0 Å². The fourth-order valence-corrected chi connectivity index (χ4v) is 1.86. The highest BCUT2D eigenvalue weighted by Gasteiger charge is 2.15. The molecule has 0 bridgehead atoms. The number of carbonyl (C=O) groups is 2. The van der Waals surface area contributed by atoms with Gasteiger partial charge in [0, 0.05) is 19.4 Å². The summed E-state index contributed by atoms with van der Waals surface area (Å²) in [6.45, 7) is 2.02. The molecule has 0 aromatic carbocycles. The highest BCUT2D eigenvalue weighted by Crippen LogP contribution is 2.15. The Morgan fingerprint density at radius 1 is 1.43 bits per heavy atom. The van der Waals surface area contributed by atoms with Crippen LogP contribution < -0.4 is 5.32 Å². The molecule has 7 heteroatoms. The molecular weight excluding hydrogens is 294 g/mol. The molecule has 21 heavy (non-hydrogen) atoms. The maximum Gasteiger partial charge on any atom is 0.355 e. The maximum atomic E-state index is 12.0. The molecule has 0 saturated carbocycles. The van der Waals surface area contributed by atoms with Gasteiger partial charge in [0.2, 0.25) is 0 Å². The van der Waals surface area contributed by atoms with E-state index in [4.69, 9.17) is 16.3 Å². The lowest BCUT2D eigenvalue weighted by Crippen LogP contribution is -2.12. The summed E-state index contributed by atoms with van der Waals surface area (Å²) < 4.78 is 6.51. The molecule has 2 heterocycles. The van der Waals surface area contributed by atoms with Crippen LogP contribution in [0, 0.1) is 0 Å². The minimum absolute atomic E-state index is 0.237. The summed E-state index contributed by atoms with van der Waals surface area (Å²) in [6.07, 6.45) is 3.02. The number of nitrogens with zero attached hydrogens (tertiary/aromatic N) is 2. The normalized spacial score (nSPS) is 10.2. The minimum Gasteiger partial charge on any atom is -0.461 e. The van der Waals surface area contributed by atoms with E-state index >= 15 is 0 Å². The molecule has 2 aromatic heterocycles. The van der Waals surface area contributed by atoms with E-state index in [9.17, 15) is 9.59 Å². The summed E-state index contributed by atoms with van der Waals surface area (Å²) in [6, 6.07) is 4.65. The van der Waals surface area contributed by atoms with E-state index in [2.05, 4.69) is 10.3 Å². The van der Waals surface area contributed by atoms with E-state index in [-0.39, 0.29) is 11.6 Å². The predicted molar refractivity (Wildman–Crippen MR) is 78.6 cm³/mol. The van der Waals surface area contributed by atoms with Gasteiger partial charge in [0.25, 0.3) is 5.91 Å². The Kier molecular flexibility index (Phi) is 4.59. The number of amides is 1. The Morgan fingerprint density at radius 3 is 2.81 bits per heavy atom. The van der Waals surface area contributed by atoms with Crippen molar-refractivity contribution >= 4 is 29.2 Å². The Balaban J connectivity index is 2.13. The smallest absolute Gasteiger partial charge is 0.355 e. The summed E-state index contributed by atoms with van der Waals surface area (Å²) in [5.41, 5.74) is 1.08. The van der Waals surface area contributed by atoms with Gasteiger partial charge >= 0.3 is 5.97 Å². The Hall–Kier alpha value is -2.34. The zero-order valence-corrected chi connectivity index (χ0v) is 12.3. The van der Waals surface area contributed by atoms with Gasteiger partial charge < -0.3 is 14.6 Å². The van der Waals surface area contributed by atoms with Crippen molar-refractivity contribution in [2.24, 2.45) is 7.05 Å². The number of anilines is 1. The predicted octanol–water partition coefficient (Wildman–Crippen LogP) is 2.50. The second-order valence-electron chi connectivity index (χ2n) is 4.26. The summed E-state index contributed by atoms with van der Waals surface area (Å²) >= 11 is 5.72.